The first kappa shape index (κ1) is 14.0. The minimum atomic E-state index is -0.702. The van der Waals surface area contributed by atoms with E-state index in [2.05, 4.69) is 4.79 Å². The maximum atomic E-state index is 11.9. The fourth-order valence-electron chi connectivity index (χ4n) is 2.18. The van der Waals surface area contributed by atoms with Crippen molar-refractivity contribution >= 4 is 18.1 Å². The van der Waals surface area contributed by atoms with Crippen LogP contribution in [0, 0.1) is 0 Å². The van der Waals surface area contributed by atoms with Gasteiger partial charge in [-0.3, -0.25) is 4.79 Å². The van der Waals surface area contributed by atoms with Gasteiger partial charge in [-0.05, 0) is 12.0 Å². The van der Waals surface area contributed by atoms with Gasteiger partial charge in [-0.1, -0.05) is 30.3 Å². The highest BCUT2D eigenvalue weighted by Crippen LogP contribution is 2.17. The third-order valence-corrected chi connectivity index (χ3v) is 3.12. The summed E-state index contributed by atoms with van der Waals surface area (Å²) in [7, 11) is 0. The van der Waals surface area contributed by atoms with E-state index in [1.807, 2.05) is 30.3 Å². The van der Waals surface area contributed by atoms with Gasteiger partial charge in [-0.15, -0.1) is 0 Å². The molecule has 20 heavy (non-hydrogen) atoms. The number of ether oxygens (including phenoxy) is 1. The van der Waals surface area contributed by atoms with E-state index in [9.17, 15) is 9.59 Å². The molecule has 1 amide bonds. The molecule has 0 aromatic heterocycles. The van der Waals surface area contributed by atoms with Crippen molar-refractivity contribution in [3.63, 3.8) is 0 Å². The number of likely N-dealkylation sites (tertiary alicyclic amines) is 1. The summed E-state index contributed by atoms with van der Waals surface area (Å²) in [6.07, 6.45) is 1.19. The number of piperidine rings is 1. The van der Waals surface area contributed by atoms with Gasteiger partial charge in [0.15, 0.2) is 0 Å². The fraction of sp³-hybridized carbons (Fsp3) is 0.357. The quantitative estimate of drug-likeness (QED) is 0.355. The third kappa shape index (κ3) is 3.76. The largest absolute Gasteiger partial charge is 0.452 e. The number of carbonyl (C=O) groups is 2. The summed E-state index contributed by atoms with van der Waals surface area (Å²) in [5, 5.41) is 0. The Balaban J connectivity index is 1.96. The van der Waals surface area contributed by atoms with Crippen molar-refractivity contribution in [2.45, 2.75) is 25.5 Å². The van der Waals surface area contributed by atoms with E-state index in [-0.39, 0.29) is 12.0 Å². The van der Waals surface area contributed by atoms with Crippen molar-refractivity contribution in [1.82, 2.24) is 4.90 Å². The predicted octanol–water partition coefficient (Wildman–Crippen LogP) is 1.02. The molecular formula is C14H15N3O3. The Bertz CT molecular complexity index is 538. The Hall–Kier alpha value is -2.46. The van der Waals surface area contributed by atoms with Gasteiger partial charge in [-0.25, -0.2) is 4.79 Å². The summed E-state index contributed by atoms with van der Waals surface area (Å²) in [6, 6.07) is 9.64. The van der Waals surface area contributed by atoms with E-state index in [1.165, 1.54) is 0 Å². The van der Waals surface area contributed by atoms with Gasteiger partial charge < -0.3 is 15.2 Å². The summed E-state index contributed by atoms with van der Waals surface area (Å²) >= 11 is 0. The van der Waals surface area contributed by atoms with Crippen LogP contribution in [-0.4, -0.2) is 40.4 Å². The Morgan fingerprint density at radius 1 is 1.45 bits per heavy atom. The molecule has 1 fully saturated rings. The lowest BCUT2D eigenvalue weighted by molar-refractivity contribution is -0.152. The lowest BCUT2D eigenvalue weighted by Crippen LogP contribution is -2.43. The molecule has 0 unspecified atom stereocenters. The molecule has 0 spiro atoms. The van der Waals surface area contributed by atoms with E-state index in [4.69, 9.17) is 10.3 Å². The fourth-order valence-corrected chi connectivity index (χ4v) is 2.18. The van der Waals surface area contributed by atoms with Crippen LogP contribution in [0.4, 0.5) is 0 Å². The Morgan fingerprint density at radius 2 is 2.20 bits per heavy atom. The highest BCUT2D eigenvalue weighted by Gasteiger charge is 2.28. The zero-order chi connectivity index (χ0) is 14.4. The average molecular weight is 273 g/mol. The van der Waals surface area contributed by atoms with Crippen LogP contribution in [-0.2, 0) is 20.9 Å². The van der Waals surface area contributed by atoms with E-state index in [0.717, 1.165) is 5.56 Å². The van der Waals surface area contributed by atoms with Gasteiger partial charge in [0.25, 0.3) is 0 Å². The zero-order valence-electron chi connectivity index (χ0n) is 10.9. The van der Waals surface area contributed by atoms with E-state index < -0.39 is 5.97 Å². The molecule has 104 valence electrons. The standard InChI is InChI=1S/C14H15N3O3/c15-16-8-14(19)20-12-6-7-13(18)17(10-12)9-11-4-2-1-3-5-11/h1-5,8,12H,6-7,9-10H2/t12-/m1/s1. The van der Waals surface area contributed by atoms with Crippen molar-refractivity contribution in [3.8, 4) is 0 Å². The second-order valence-electron chi connectivity index (χ2n) is 4.60. The molecule has 1 saturated heterocycles. The number of nitrogens with zero attached hydrogens (tertiary/aromatic N) is 3. The predicted molar refractivity (Wildman–Crippen MR) is 70.7 cm³/mol. The highest BCUT2D eigenvalue weighted by atomic mass is 16.5. The summed E-state index contributed by atoms with van der Waals surface area (Å²) in [5.41, 5.74) is 9.29. The van der Waals surface area contributed by atoms with Crippen LogP contribution in [0.25, 0.3) is 5.53 Å². The molecule has 1 atom stereocenters. The molecule has 0 radical (unpaired) electrons. The molecule has 1 aromatic carbocycles. The Kier molecular flexibility index (Phi) is 4.63. The normalized spacial score (nSPS) is 18.3. The summed E-state index contributed by atoms with van der Waals surface area (Å²) in [5.74, 6) is -0.650. The molecular weight excluding hydrogens is 258 g/mol. The van der Waals surface area contributed by atoms with E-state index >= 15 is 0 Å². The lowest BCUT2D eigenvalue weighted by Gasteiger charge is -2.31. The number of rotatable bonds is 4. The highest BCUT2D eigenvalue weighted by molar-refractivity contribution is 6.20. The molecule has 1 aromatic rings. The van der Waals surface area contributed by atoms with Crippen molar-refractivity contribution in [2.24, 2.45) is 0 Å². The maximum Gasteiger partial charge on any atom is 0.413 e. The second kappa shape index (κ2) is 6.63. The SMILES string of the molecule is [N-]=[N+]=CC(=O)O[C@@H]1CCC(=O)N(Cc2ccccc2)C1. The van der Waals surface area contributed by atoms with Gasteiger partial charge in [0.1, 0.15) is 6.10 Å². The van der Waals surface area contributed by atoms with Gasteiger partial charge in [0.05, 0.1) is 6.54 Å². The summed E-state index contributed by atoms with van der Waals surface area (Å²) in [4.78, 5) is 27.4. The first-order chi connectivity index (χ1) is 9.69. The Labute approximate surface area is 116 Å². The van der Waals surface area contributed by atoms with Crippen LogP contribution in [0.1, 0.15) is 18.4 Å². The van der Waals surface area contributed by atoms with Crippen molar-refractivity contribution in [2.75, 3.05) is 6.54 Å². The first-order valence-corrected chi connectivity index (χ1v) is 6.39. The molecule has 0 bridgehead atoms. The maximum absolute atomic E-state index is 11.9. The van der Waals surface area contributed by atoms with Gasteiger partial charge >= 0.3 is 12.2 Å². The molecule has 1 heterocycles. The number of amides is 1. The van der Waals surface area contributed by atoms with Crippen molar-refractivity contribution < 1.29 is 19.1 Å². The zero-order valence-corrected chi connectivity index (χ0v) is 10.9. The van der Waals surface area contributed by atoms with Gasteiger partial charge in [0, 0.05) is 13.0 Å². The number of hydrogen-bond acceptors (Lipinski definition) is 3. The lowest BCUT2D eigenvalue weighted by atomic mass is 10.1. The first-order valence-electron chi connectivity index (χ1n) is 6.39. The molecule has 0 saturated carbocycles. The van der Waals surface area contributed by atoms with Gasteiger partial charge in [0.2, 0.25) is 5.91 Å². The molecule has 0 N–H and O–H groups in total. The molecule has 0 aliphatic carbocycles. The van der Waals surface area contributed by atoms with Crippen molar-refractivity contribution in [3.05, 3.63) is 41.4 Å². The summed E-state index contributed by atoms with van der Waals surface area (Å²) < 4.78 is 5.11. The number of carbonyl (C=O) groups excluding carboxylic acids is 2. The monoisotopic (exact) mass is 273 g/mol. The molecule has 6 nitrogen and oxygen atoms in total. The molecule has 6 heteroatoms. The molecule has 2 rings (SSSR count). The number of esters is 1. The molecule has 1 aliphatic heterocycles. The number of hydrogen-bond donors (Lipinski definition) is 0. The smallest absolute Gasteiger partial charge is 0.413 e. The molecule has 1 aliphatic rings. The third-order valence-electron chi connectivity index (χ3n) is 3.12. The average Bonchev–Trinajstić information content (AvgIpc) is 2.44. The van der Waals surface area contributed by atoms with Crippen LogP contribution in [0.2, 0.25) is 0 Å². The second-order valence-corrected chi connectivity index (χ2v) is 4.60. The van der Waals surface area contributed by atoms with Gasteiger partial charge in [-0.2, -0.15) is 4.79 Å². The van der Waals surface area contributed by atoms with Crippen LogP contribution >= 0.6 is 0 Å². The summed E-state index contributed by atoms with van der Waals surface area (Å²) in [6.45, 7) is 0.862. The van der Waals surface area contributed by atoms with Crippen molar-refractivity contribution in [1.29, 1.82) is 0 Å². The minimum absolute atomic E-state index is 0.0528. The van der Waals surface area contributed by atoms with Crippen LogP contribution in [0.15, 0.2) is 30.3 Å². The van der Waals surface area contributed by atoms with E-state index in [1.54, 1.807) is 4.90 Å². The topological polar surface area (TPSA) is 83.0 Å². The van der Waals surface area contributed by atoms with Crippen LogP contribution < -0.4 is 0 Å². The van der Waals surface area contributed by atoms with Crippen LogP contribution in [0.5, 0.6) is 0 Å². The van der Waals surface area contributed by atoms with E-state index in [0.29, 0.717) is 32.1 Å². The number of benzene rings is 1. The Morgan fingerprint density at radius 3 is 2.90 bits per heavy atom. The minimum Gasteiger partial charge on any atom is -0.452 e. The van der Waals surface area contributed by atoms with Crippen LogP contribution in [0.3, 0.4) is 0 Å².